The first-order chi connectivity index (χ1) is 32.1. The third-order valence-electron chi connectivity index (χ3n) is 12.5. The zero-order valence-corrected chi connectivity index (χ0v) is 44.1. The van der Waals surface area contributed by atoms with Gasteiger partial charge in [0.1, 0.15) is 13.2 Å². The molecule has 9 nitrogen and oxygen atoms in total. The number of ether oxygens (including phenoxy) is 4. The molecule has 0 rings (SSSR count). The van der Waals surface area contributed by atoms with E-state index in [0.29, 0.717) is 17.4 Å². The summed E-state index contributed by atoms with van der Waals surface area (Å²) < 4.78 is 22.9. The van der Waals surface area contributed by atoms with Crippen molar-refractivity contribution in [3.05, 3.63) is 24.3 Å². The highest BCUT2D eigenvalue weighted by Crippen LogP contribution is 2.17. The summed E-state index contributed by atoms with van der Waals surface area (Å²) in [5.74, 6) is -1.99. The minimum absolute atomic E-state index is 0.179. The zero-order chi connectivity index (χ0) is 48.4. The highest BCUT2D eigenvalue weighted by atomic mass is 16.7. The molecule has 2 unspecified atom stereocenters. The highest BCUT2D eigenvalue weighted by Gasteiger charge is 2.25. The molecule has 0 saturated carbocycles. The lowest BCUT2D eigenvalue weighted by molar-refractivity contribution is -0.870. The summed E-state index contributed by atoms with van der Waals surface area (Å²) in [6.07, 6.45) is 53.9. The van der Waals surface area contributed by atoms with Gasteiger partial charge in [-0.25, -0.2) is 4.79 Å². The number of carboxylic acids is 1. The molecule has 0 amide bonds. The second-order valence-electron chi connectivity index (χ2n) is 20.3. The Balaban J connectivity index is 4.24. The fraction of sp³-hybridized carbons (Fsp3) is 0.877. The van der Waals surface area contributed by atoms with Gasteiger partial charge in [0.15, 0.2) is 6.10 Å². The molecule has 0 fully saturated rings. The van der Waals surface area contributed by atoms with Crippen LogP contribution in [0.2, 0.25) is 0 Å². The summed E-state index contributed by atoms with van der Waals surface area (Å²) in [5.41, 5.74) is 0. The number of carboxylic acid groups (broad SMARTS) is 1. The summed E-state index contributed by atoms with van der Waals surface area (Å²) in [6, 6.07) is 0. The Morgan fingerprint density at radius 2 is 0.818 bits per heavy atom. The van der Waals surface area contributed by atoms with Crippen LogP contribution in [0.3, 0.4) is 0 Å². The van der Waals surface area contributed by atoms with E-state index in [4.69, 9.17) is 18.9 Å². The molecule has 0 bridgehead atoms. The van der Waals surface area contributed by atoms with Gasteiger partial charge >= 0.3 is 17.9 Å². The number of esters is 2. The average molecular weight is 935 g/mol. The molecule has 0 heterocycles. The molecule has 0 radical (unpaired) electrons. The maximum absolute atomic E-state index is 12.8. The molecule has 2 atom stereocenters. The van der Waals surface area contributed by atoms with Gasteiger partial charge in [-0.2, -0.15) is 0 Å². The lowest BCUT2D eigenvalue weighted by Crippen LogP contribution is -2.40. The number of rotatable bonds is 52. The van der Waals surface area contributed by atoms with E-state index in [0.717, 1.165) is 51.4 Å². The summed E-state index contributed by atoms with van der Waals surface area (Å²) in [5, 5.41) is 9.69. The molecule has 0 aromatic rings. The summed E-state index contributed by atoms with van der Waals surface area (Å²) in [6.45, 7) is 4.89. The summed E-state index contributed by atoms with van der Waals surface area (Å²) >= 11 is 0. The van der Waals surface area contributed by atoms with Crippen molar-refractivity contribution >= 4 is 17.9 Å². The molecule has 0 aromatic carbocycles. The van der Waals surface area contributed by atoms with Gasteiger partial charge in [0.05, 0.1) is 34.4 Å². The third kappa shape index (κ3) is 49.7. The monoisotopic (exact) mass is 935 g/mol. The predicted molar refractivity (Wildman–Crippen MR) is 277 cm³/mol. The molecule has 9 heteroatoms. The van der Waals surface area contributed by atoms with Crippen molar-refractivity contribution in [2.45, 2.75) is 277 Å². The van der Waals surface area contributed by atoms with Gasteiger partial charge in [-0.15, -0.1) is 0 Å². The van der Waals surface area contributed by atoms with Gasteiger partial charge in [0, 0.05) is 12.8 Å². The first kappa shape index (κ1) is 63.8. The topological polar surface area (TPSA) is 108 Å². The summed E-state index contributed by atoms with van der Waals surface area (Å²) in [4.78, 5) is 37.4. The minimum atomic E-state index is -1.51. The Labute approximate surface area is 407 Å². The second-order valence-corrected chi connectivity index (χ2v) is 20.3. The molecule has 66 heavy (non-hydrogen) atoms. The Hall–Kier alpha value is -2.23. The lowest BCUT2D eigenvalue weighted by Gasteiger charge is -2.25. The van der Waals surface area contributed by atoms with Crippen LogP contribution in [0.1, 0.15) is 264 Å². The maximum Gasteiger partial charge on any atom is 0.361 e. The summed E-state index contributed by atoms with van der Waals surface area (Å²) in [7, 11) is 5.97. The van der Waals surface area contributed by atoms with Crippen LogP contribution < -0.4 is 0 Å². The number of unbranched alkanes of at least 4 members (excludes halogenated alkanes) is 33. The van der Waals surface area contributed by atoms with E-state index in [1.54, 1.807) is 0 Å². The van der Waals surface area contributed by atoms with E-state index in [1.165, 1.54) is 186 Å². The molecule has 0 aromatic heterocycles. The number of carbonyl (C=O) groups excluding carboxylic acids is 2. The van der Waals surface area contributed by atoms with E-state index >= 15 is 0 Å². The van der Waals surface area contributed by atoms with Crippen LogP contribution >= 0.6 is 0 Å². The Bertz CT molecular complexity index is 1130. The van der Waals surface area contributed by atoms with Gasteiger partial charge < -0.3 is 28.5 Å². The van der Waals surface area contributed by atoms with Crippen LogP contribution in [-0.2, 0) is 33.3 Å². The van der Waals surface area contributed by atoms with E-state index in [1.807, 2.05) is 21.1 Å². The molecule has 0 aliphatic heterocycles. The Kier molecular flexibility index (Phi) is 47.5. The largest absolute Gasteiger partial charge is 0.477 e. The number of quaternary nitrogens is 1. The number of hydrogen-bond donors (Lipinski definition) is 1. The van der Waals surface area contributed by atoms with E-state index < -0.39 is 24.3 Å². The Morgan fingerprint density at radius 3 is 1.23 bits per heavy atom. The number of likely N-dealkylation sites (N-methyl/N-ethyl adjacent to an activating group) is 1. The van der Waals surface area contributed by atoms with Gasteiger partial charge in [0.25, 0.3) is 6.29 Å². The van der Waals surface area contributed by atoms with Crippen molar-refractivity contribution in [1.82, 2.24) is 0 Å². The molecule has 388 valence electrons. The maximum atomic E-state index is 12.8. The highest BCUT2D eigenvalue weighted by molar-refractivity contribution is 5.71. The number of nitrogens with zero attached hydrogens (tertiary/aromatic N) is 1. The van der Waals surface area contributed by atoms with E-state index in [2.05, 4.69) is 38.2 Å². The van der Waals surface area contributed by atoms with Crippen molar-refractivity contribution in [2.75, 3.05) is 47.5 Å². The van der Waals surface area contributed by atoms with Gasteiger partial charge in [-0.3, -0.25) is 9.59 Å². The van der Waals surface area contributed by atoms with E-state index in [-0.39, 0.29) is 32.2 Å². The zero-order valence-electron chi connectivity index (χ0n) is 44.1. The second kappa shape index (κ2) is 49.2. The molecule has 0 aliphatic carbocycles. The quantitative estimate of drug-likeness (QED) is 0.0211. The predicted octanol–water partition coefficient (Wildman–Crippen LogP) is 16.0. The first-order valence-corrected chi connectivity index (χ1v) is 28.0. The van der Waals surface area contributed by atoms with Crippen molar-refractivity contribution in [3.8, 4) is 0 Å². The van der Waals surface area contributed by atoms with Crippen LogP contribution in [0.5, 0.6) is 0 Å². The van der Waals surface area contributed by atoms with Gasteiger partial charge in [-0.05, 0) is 44.9 Å². The molecular weight excluding hydrogens is 827 g/mol. The number of hydrogen-bond acceptors (Lipinski definition) is 7. The SMILES string of the molecule is CCCCC/C=C\C/C=C\CCCCCCCCCCCC(=O)OC(COC(=O)CCCCCCCCCCCCCCCCCCCCCCCC)COC(OCC[N+](C)(C)C)C(=O)O. The minimum Gasteiger partial charge on any atom is -0.477 e. The first-order valence-electron chi connectivity index (χ1n) is 28.0. The van der Waals surface area contributed by atoms with Crippen molar-refractivity contribution in [1.29, 1.82) is 0 Å². The standard InChI is InChI=1S/C57H107NO8/c1-6-8-10-12-14-16-18-20-22-24-26-27-28-30-31-33-35-37-39-41-43-45-47-54(59)64-51-53(52-65-57(56(61)62)63-50-49-58(3,4)5)66-55(60)48-46-44-42-40-38-36-34-32-29-25-23-21-19-17-15-13-11-9-7-2/h15,17,21,23,53,57H,6-14,16,18-20,22,24-52H2,1-5H3/p+1/b17-15-,23-21-. The van der Waals surface area contributed by atoms with E-state index in [9.17, 15) is 19.5 Å². The Morgan fingerprint density at radius 1 is 0.455 bits per heavy atom. The van der Waals surface area contributed by atoms with Crippen molar-refractivity contribution < 1.29 is 42.9 Å². The number of aliphatic carboxylic acids is 1. The average Bonchev–Trinajstić information content (AvgIpc) is 3.28. The number of carbonyl (C=O) groups is 3. The molecule has 1 N–H and O–H groups in total. The third-order valence-corrected chi connectivity index (χ3v) is 12.5. The fourth-order valence-electron chi connectivity index (χ4n) is 8.10. The van der Waals surface area contributed by atoms with Crippen LogP contribution in [0.25, 0.3) is 0 Å². The van der Waals surface area contributed by atoms with Crippen LogP contribution in [0, 0.1) is 0 Å². The fourth-order valence-corrected chi connectivity index (χ4v) is 8.10. The molecular formula is C57H108NO8+. The van der Waals surface area contributed by atoms with Gasteiger partial charge in [-0.1, -0.05) is 231 Å². The van der Waals surface area contributed by atoms with Crippen molar-refractivity contribution in [3.63, 3.8) is 0 Å². The molecule has 0 aliphatic rings. The smallest absolute Gasteiger partial charge is 0.361 e. The van der Waals surface area contributed by atoms with Crippen molar-refractivity contribution in [2.24, 2.45) is 0 Å². The normalized spacial score (nSPS) is 12.9. The molecule has 0 saturated heterocycles. The van der Waals surface area contributed by atoms with Crippen LogP contribution in [0.15, 0.2) is 24.3 Å². The lowest BCUT2D eigenvalue weighted by atomic mass is 10.0. The van der Waals surface area contributed by atoms with Crippen LogP contribution in [0.4, 0.5) is 0 Å². The molecule has 0 spiro atoms. The number of allylic oxidation sites excluding steroid dienone is 4. The van der Waals surface area contributed by atoms with Gasteiger partial charge in [0.2, 0.25) is 0 Å². The van der Waals surface area contributed by atoms with Crippen LogP contribution in [-0.4, -0.2) is 87.4 Å².